The number of phosphoric acid groups is 1. The first-order valence-corrected chi connectivity index (χ1v) is 38.7. The van der Waals surface area contributed by atoms with Gasteiger partial charge in [-0.15, -0.1) is 0 Å². The second kappa shape index (κ2) is 65.5. The van der Waals surface area contributed by atoms with E-state index < -0.39 is 26.5 Å². The number of phosphoric ester groups is 1. The molecule has 0 amide bonds. The Bertz CT molecular complexity index is 1360. The van der Waals surface area contributed by atoms with E-state index in [1.165, 1.54) is 340 Å². The van der Waals surface area contributed by atoms with Gasteiger partial charge in [0.1, 0.15) is 19.8 Å². The van der Waals surface area contributed by atoms with Gasteiger partial charge in [-0.1, -0.05) is 380 Å². The normalized spacial score (nSPS) is 13.0. The quantitative estimate of drug-likeness (QED) is 0.0256. The fraction of sp³-hybridized carbons (Fsp3) is 0.973. The number of ether oxygens (including phenoxy) is 2. The van der Waals surface area contributed by atoms with Crippen molar-refractivity contribution in [1.82, 2.24) is 0 Å². The van der Waals surface area contributed by atoms with Gasteiger partial charge in [0.05, 0.1) is 27.7 Å². The van der Waals surface area contributed by atoms with E-state index in [4.69, 9.17) is 18.5 Å². The molecule has 2 unspecified atom stereocenters. The average molecular weight is 1200 g/mol. The number of hydrogen-bond acceptors (Lipinski definition) is 8. The molecule has 0 radical (unpaired) electrons. The summed E-state index contributed by atoms with van der Waals surface area (Å²) in [6.45, 7) is 4.34. The number of rotatable bonds is 71. The molecule has 496 valence electrons. The minimum absolute atomic E-state index is 0.0248. The van der Waals surface area contributed by atoms with Crippen LogP contribution in [0.15, 0.2) is 0 Å². The molecule has 0 bridgehead atoms. The third-order valence-electron chi connectivity index (χ3n) is 17.4. The van der Waals surface area contributed by atoms with Gasteiger partial charge in [-0.25, -0.2) is 0 Å². The van der Waals surface area contributed by atoms with Crippen LogP contribution in [0.5, 0.6) is 0 Å². The highest BCUT2D eigenvalue weighted by atomic mass is 31.2. The molecule has 0 saturated heterocycles. The molecule has 0 aliphatic carbocycles. The third-order valence-corrected chi connectivity index (χ3v) is 18.3. The molecular weight excluding hydrogens is 1050 g/mol. The number of nitrogens with zero attached hydrogens (tertiary/aromatic N) is 1. The van der Waals surface area contributed by atoms with E-state index in [0.717, 1.165) is 32.1 Å². The van der Waals surface area contributed by atoms with E-state index in [-0.39, 0.29) is 32.0 Å². The zero-order valence-corrected chi connectivity index (χ0v) is 57.6. The lowest BCUT2D eigenvalue weighted by molar-refractivity contribution is -0.870. The fourth-order valence-corrected chi connectivity index (χ4v) is 12.4. The molecule has 9 nitrogen and oxygen atoms in total. The molecule has 0 aromatic carbocycles. The van der Waals surface area contributed by atoms with Gasteiger partial charge < -0.3 is 27.9 Å². The summed E-state index contributed by atoms with van der Waals surface area (Å²) >= 11 is 0. The molecule has 0 saturated carbocycles. The number of quaternary nitrogens is 1. The molecule has 0 fully saturated rings. The molecule has 0 rings (SSSR count). The second-order valence-corrected chi connectivity index (χ2v) is 28.4. The van der Waals surface area contributed by atoms with Crippen LogP contribution in [0.1, 0.15) is 406 Å². The van der Waals surface area contributed by atoms with Gasteiger partial charge in [-0.3, -0.25) is 14.2 Å². The van der Waals surface area contributed by atoms with Gasteiger partial charge in [0.25, 0.3) is 7.82 Å². The summed E-state index contributed by atoms with van der Waals surface area (Å²) in [5, 5.41) is 0. The molecule has 0 N–H and O–H groups in total. The summed E-state index contributed by atoms with van der Waals surface area (Å²) in [7, 11) is 1.20. The van der Waals surface area contributed by atoms with Crippen LogP contribution in [-0.2, 0) is 32.7 Å². The SMILES string of the molecule is CCCCCCCCCCCCCCCCCCCCCCCCCCCCCCCCCCCCCCCC(=O)OC(COC(=O)CCCCCCCCCCCCCCCCCCCCCCCC)COP(=O)([O-])OCC[N+](C)(C)C. The van der Waals surface area contributed by atoms with Crippen molar-refractivity contribution >= 4 is 19.8 Å². The summed E-state index contributed by atoms with van der Waals surface area (Å²) in [5.74, 6) is -0.803. The van der Waals surface area contributed by atoms with Crippen molar-refractivity contribution in [3.63, 3.8) is 0 Å². The Hall–Kier alpha value is -0.990. The van der Waals surface area contributed by atoms with E-state index in [1.807, 2.05) is 21.1 Å². The van der Waals surface area contributed by atoms with Gasteiger partial charge in [0, 0.05) is 12.8 Å². The van der Waals surface area contributed by atoms with E-state index >= 15 is 0 Å². The maximum absolute atomic E-state index is 12.9. The number of esters is 2. The highest BCUT2D eigenvalue weighted by Crippen LogP contribution is 2.38. The van der Waals surface area contributed by atoms with Gasteiger partial charge in [-0.05, 0) is 12.8 Å². The van der Waals surface area contributed by atoms with Gasteiger partial charge in [-0.2, -0.15) is 0 Å². The summed E-state index contributed by atoms with van der Waals surface area (Å²) in [6.07, 6.45) is 79.3. The van der Waals surface area contributed by atoms with E-state index in [2.05, 4.69) is 13.8 Å². The molecule has 0 heterocycles. The topological polar surface area (TPSA) is 111 Å². The minimum atomic E-state index is -4.63. The largest absolute Gasteiger partial charge is 0.756 e. The lowest BCUT2D eigenvalue weighted by Crippen LogP contribution is -2.37. The minimum Gasteiger partial charge on any atom is -0.756 e. The molecule has 0 aliphatic rings. The van der Waals surface area contributed by atoms with Crippen LogP contribution in [0.3, 0.4) is 0 Å². The zero-order chi connectivity index (χ0) is 60.5. The van der Waals surface area contributed by atoms with E-state index in [0.29, 0.717) is 17.4 Å². The maximum atomic E-state index is 12.9. The van der Waals surface area contributed by atoms with Crippen molar-refractivity contribution in [3.8, 4) is 0 Å². The first-order valence-electron chi connectivity index (χ1n) is 37.2. The van der Waals surface area contributed by atoms with Crippen LogP contribution in [-0.4, -0.2) is 70.0 Å². The van der Waals surface area contributed by atoms with E-state index in [9.17, 15) is 19.0 Å². The molecular formula is C73H146NO8P. The first-order chi connectivity index (χ1) is 40.5. The van der Waals surface area contributed by atoms with Crippen molar-refractivity contribution in [3.05, 3.63) is 0 Å². The first kappa shape index (κ1) is 82.0. The fourth-order valence-electron chi connectivity index (χ4n) is 11.7. The number of likely N-dealkylation sites (N-methyl/N-ethyl adjacent to an activating group) is 1. The van der Waals surface area contributed by atoms with Crippen molar-refractivity contribution in [2.45, 2.75) is 412 Å². The van der Waals surface area contributed by atoms with Crippen LogP contribution < -0.4 is 4.89 Å². The predicted octanol–water partition coefficient (Wildman–Crippen LogP) is 23.5. The Morgan fingerprint density at radius 2 is 0.542 bits per heavy atom. The molecule has 0 aromatic rings. The molecule has 83 heavy (non-hydrogen) atoms. The second-order valence-electron chi connectivity index (χ2n) is 27.0. The number of unbranched alkanes of at least 4 members (excludes halogenated alkanes) is 57. The zero-order valence-electron chi connectivity index (χ0n) is 56.7. The van der Waals surface area contributed by atoms with Crippen molar-refractivity contribution in [2.75, 3.05) is 47.5 Å². The summed E-state index contributed by atoms with van der Waals surface area (Å²) in [5.41, 5.74) is 0. The van der Waals surface area contributed by atoms with Crippen LogP contribution in [0.25, 0.3) is 0 Å². The lowest BCUT2D eigenvalue weighted by atomic mass is 10.0. The average Bonchev–Trinajstić information content (AvgIpc) is 3.49. The molecule has 10 heteroatoms. The van der Waals surface area contributed by atoms with Crippen LogP contribution in [0, 0.1) is 0 Å². The Labute approximate surface area is 518 Å². The van der Waals surface area contributed by atoms with Gasteiger partial charge >= 0.3 is 11.9 Å². The number of carbonyl (C=O) groups is 2. The van der Waals surface area contributed by atoms with Crippen LogP contribution in [0.2, 0.25) is 0 Å². The summed E-state index contributed by atoms with van der Waals surface area (Å²) < 4.78 is 34.4. The highest BCUT2D eigenvalue weighted by molar-refractivity contribution is 7.45. The van der Waals surface area contributed by atoms with Gasteiger partial charge in [0.2, 0.25) is 0 Å². The Morgan fingerprint density at radius 1 is 0.325 bits per heavy atom. The molecule has 0 spiro atoms. The van der Waals surface area contributed by atoms with Crippen molar-refractivity contribution in [2.24, 2.45) is 0 Å². The van der Waals surface area contributed by atoms with Crippen molar-refractivity contribution < 1.29 is 42.1 Å². The number of carbonyl (C=O) groups excluding carboxylic acids is 2. The number of hydrogen-bond donors (Lipinski definition) is 0. The predicted molar refractivity (Wildman–Crippen MR) is 356 cm³/mol. The standard InChI is InChI=1S/C73H146NO8P/c1-6-8-10-12-14-16-18-20-22-24-26-28-30-31-32-33-34-35-36-37-38-39-40-41-42-43-44-46-48-50-52-54-56-58-60-62-64-66-73(76)82-71(70-81-83(77,78)80-68-67-74(3,4)5)69-79-72(75)65-63-61-59-57-55-53-51-49-47-45-29-27-25-23-21-19-17-15-13-11-9-7-2/h71H,6-70H2,1-5H3. The molecule has 0 aromatic heterocycles. The van der Waals surface area contributed by atoms with Crippen LogP contribution >= 0.6 is 7.82 Å². The van der Waals surface area contributed by atoms with Crippen LogP contribution in [0.4, 0.5) is 0 Å². The van der Waals surface area contributed by atoms with Gasteiger partial charge in [0.15, 0.2) is 6.10 Å². The Balaban J connectivity index is 3.89. The lowest BCUT2D eigenvalue weighted by Gasteiger charge is -2.28. The Morgan fingerprint density at radius 3 is 0.771 bits per heavy atom. The molecule has 2 atom stereocenters. The maximum Gasteiger partial charge on any atom is 0.306 e. The monoisotopic (exact) mass is 1200 g/mol. The molecule has 0 aliphatic heterocycles. The van der Waals surface area contributed by atoms with E-state index in [1.54, 1.807) is 0 Å². The van der Waals surface area contributed by atoms with Crippen molar-refractivity contribution in [1.29, 1.82) is 0 Å². The smallest absolute Gasteiger partial charge is 0.306 e. The summed E-state index contributed by atoms with van der Waals surface area (Å²) in [4.78, 5) is 38.1. The third kappa shape index (κ3) is 70.0. The Kier molecular flexibility index (Phi) is 64.7. The summed E-state index contributed by atoms with van der Waals surface area (Å²) in [6, 6.07) is 0. The highest BCUT2D eigenvalue weighted by Gasteiger charge is 2.22.